The third-order valence-corrected chi connectivity index (χ3v) is 9.23. The standard InChI is InChI=1S/C34H39N5O6/c1-43-29-16-21-9-13-28(29)45-24-6-4-5-22(15-24)20-44-30-18-38(34(42)33-25-7-2-3-8-26(25)36-37-33)17-27(30)35-31(40)19-39(23-11-12-23)32(41)14-10-21/h4-6,9,13,15-16,23,27,30H,2-3,7-8,10-12,14,17-20H2,1H3,(H,35,40)(H,36,37)/t27-,30-/m0/s1. The zero-order valence-corrected chi connectivity index (χ0v) is 25.5. The summed E-state index contributed by atoms with van der Waals surface area (Å²) in [6.45, 7) is 0.851. The second-order valence-electron chi connectivity index (χ2n) is 12.5. The van der Waals surface area contributed by atoms with Crippen LogP contribution in [0, 0.1) is 0 Å². The van der Waals surface area contributed by atoms with Crippen LogP contribution in [0.15, 0.2) is 42.5 Å². The highest BCUT2D eigenvalue weighted by Gasteiger charge is 2.40. The Kier molecular flexibility index (Phi) is 8.18. The lowest BCUT2D eigenvalue weighted by Crippen LogP contribution is -2.49. The Labute approximate surface area is 262 Å². The molecule has 0 spiro atoms. The number of carbonyl (C=O) groups excluding carboxylic acids is 3. The molecule has 2 atom stereocenters. The van der Waals surface area contributed by atoms with Crippen molar-refractivity contribution in [2.24, 2.45) is 0 Å². The Morgan fingerprint density at radius 1 is 1.00 bits per heavy atom. The molecule has 2 aliphatic carbocycles. The summed E-state index contributed by atoms with van der Waals surface area (Å²) < 4.78 is 18.2. The monoisotopic (exact) mass is 613 g/mol. The lowest BCUT2D eigenvalue weighted by atomic mass is 9.95. The number of hydrogen-bond donors (Lipinski definition) is 2. The molecule has 236 valence electrons. The van der Waals surface area contributed by atoms with Crippen LogP contribution in [0.3, 0.4) is 0 Å². The molecule has 5 aliphatic rings. The molecular formula is C34H39N5O6. The summed E-state index contributed by atoms with van der Waals surface area (Å²) >= 11 is 0. The minimum atomic E-state index is -0.447. The average Bonchev–Trinajstić information content (AvgIpc) is 3.68. The predicted molar refractivity (Wildman–Crippen MR) is 164 cm³/mol. The van der Waals surface area contributed by atoms with Gasteiger partial charge in [0.05, 0.1) is 32.4 Å². The number of benzene rings is 2. The maximum absolute atomic E-state index is 13.7. The molecule has 1 saturated heterocycles. The number of ether oxygens (including phenoxy) is 3. The van der Waals surface area contributed by atoms with Crippen LogP contribution in [0.2, 0.25) is 0 Å². The van der Waals surface area contributed by atoms with Crippen LogP contribution in [0.5, 0.6) is 17.2 Å². The van der Waals surface area contributed by atoms with E-state index in [0.717, 1.165) is 60.9 Å². The number of carbonyl (C=O) groups is 3. The smallest absolute Gasteiger partial charge is 0.274 e. The molecule has 45 heavy (non-hydrogen) atoms. The summed E-state index contributed by atoms with van der Waals surface area (Å²) in [4.78, 5) is 44.0. The lowest BCUT2D eigenvalue weighted by Gasteiger charge is -2.25. The predicted octanol–water partition coefficient (Wildman–Crippen LogP) is 3.55. The summed E-state index contributed by atoms with van der Waals surface area (Å²) in [7, 11) is 1.59. The van der Waals surface area contributed by atoms with E-state index in [9.17, 15) is 14.4 Å². The normalized spacial score (nSPS) is 22.4. The Morgan fingerprint density at radius 2 is 1.87 bits per heavy atom. The zero-order valence-electron chi connectivity index (χ0n) is 25.5. The van der Waals surface area contributed by atoms with Gasteiger partial charge in [0.15, 0.2) is 17.2 Å². The largest absolute Gasteiger partial charge is 0.493 e. The molecule has 3 amide bonds. The molecule has 1 aromatic heterocycles. The van der Waals surface area contributed by atoms with Crippen molar-refractivity contribution in [3.05, 3.63) is 70.5 Å². The average molecular weight is 614 g/mol. The number of rotatable bonds is 3. The van der Waals surface area contributed by atoms with Gasteiger partial charge in [0, 0.05) is 36.8 Å². The summed E-state index contributed by atoms with van der Waals surface area (Å²) in [5, 5.41) is 10.6. The first kappa shape index (κ1) is 29.3. The number of aromatic amines is 1. The van der Waals surface area contributed by atoms with E-state index in [1.807, 2.05) is 42.5 Å². The number of aryl methyl sites for hydroxylation is 2. The van der Waals surface area contributed by atoms with Gasteiger partial charge in [-0.05, 0) is 80.3 Å². The van der Waals surface area contributed by atoms with E-state index in [1.165, 1.54) is 0 Å². The van der Waals surface area contributed by atoms with Gasteiger partial charge >= 0.3 is 0 Å². The van der Waals surface area contributed by atoms with E-state index in [0.29, 0.717) is 42.5 Å². The molecule has 11 heteroatoms. The van der Waals surface area contributed by atoms with Crippen molar-refractivity contribution in [1.29, 1.82) is 0 Å². The molecule has 2 aromatic carbocycles. The number of H-pyrrole nitrogens is 1. The third kappa shape index (κ3) is 6.40. The van der Waals surface area contributed by atoms with Crippen LogP contribution in [0.4, 0.5) is 0 Å². The first-order valence-electron chi connectivity index (χ1n) is 15.9. The molecule has 2 N–H and O–H groups in total. The van der Waals surface area contributed by atoms with Gasteiger partial charge in [0.25, 0.3) is 5.91 Å². The van der Waals surface area contributed by atoms with Gasteiger partial charge < -0.3 is 29.3 Å². The van der Waals surface area contributed by atoms with E-state index < -0.39 is 12.1 Å². The molecule has 0 radical (unpaired) electrons. The summed E-state index contributed by atoms with van der Waals surface area (Å²) in [5.41, 5.74) is 4.36. The Bertz CT molecular complexity index is 1600. The van der Waals surface area contributed by atoms with Gasteiger partial charge in [0.2, 0.25) is 11.8 Å². The number of methoxy groups -OCH3 is 1. The van der Waals surface area contributed by atoms with Crippen LogP contribution in [0.25, 0.3) is 0 Å². The number of hydrogen-bond acceptors (Lipinski definition) is 7. The van der Waals surface area contributed by atoms with E-state index in [1.54, 1.807) is 16.9 Å². The molecule has 1 saturated carbocycles. The van der Waals surface area contributed by atoms with Gasteiger partial charge in [-0.15, -0.1) is 0 Å². The molecule has 11 nitrogen and oxygen atoms in total. The van der Waals surface area contributed by atoms with Crippen LogP contribution >= 0.6 is 0 Å². The molecule has 2 fully saturated rings. The van der Waals surface area contributed by atoms with E-state index in [2.05, 4.69) is 15.5 Å². The van der Waals surface area contributed by atoms with Crippen molar-refractivity contribution >= 4 is 17.7 Å². The van der Waals surface area contributed by atoms with Crippen LogP contribution in [0.1, 0.15) is 65.0 Å². The highest BCUT2D eigenvalue weighted by Crippen LogP contribution is 2.34. The highest BCUT2D eigenvalue weighted by molar-refractivity contribution is 5.94. The fourth-order valence-electron chi connectivity index (χ4n) is 6.64. The van der Waals surface area contributed by atoms with Crippen molar-refractivity contribution < 1.29 is 28.6 Å². The minimum Gasteiger partial charge on any atom is -0.493 e. The Hall–Kier alpha value is -4.38. The number of likely N-dealkylation sites (tertiary alicyclic amines) is 1. The first-order valence-corrected chi connectivity index (χ1v) is 15.9. The number of amides is 3. The Balaban J connectivity index is 1.15. The van der Waals surface area contributed by atoms with Crippen molar-refractivity contribution in [1.82, 2.24) is 25.3 Å². The van der Waals surface area contributed by atoms with Crippen molar-refractivity contribution in [3.8, 4) is 17.2 Å². The second-order valence-corrected chi connectivity index (χ2v) is 12.5. The van der Waals surface area contributed by atoms with Gasteiger partial charge in [-0.3, -0.25) is 19.5 Å². The zero-order chi connectivity index (χ0) is 30.9. The lowest BCUT2D eigenvalue weighted by molar-refractivity contribution is -0.137. The van der Waals surface area contributed by atoms with Gasteiger partial charge in [-0.1, -0.05) is 18.2 Å². The third-order valence-electron chi connectivity index (χ3n) is 9.23. The van der Waals surface area contributed by atoms with Gasteiger partial charge in [-0.2, -0.15) is 5.10 Å². The van der Waals surface area contributed by atoms with Crippen molar-refractivity contribution in [2.75, 3.05) is 26.7 Å². The fraction of sp³-hybridized carbons (Fsp3) is 0.471. The first-order chi connectivity index (χ1) is 21.9. The molecule has 3 aromatic rings. The minimum absolute atomic E-state index is 0.0221. The summed E-state index contributed by atoms with van der Waals surface area (Å²) in [5.74, 6) is 1.32. The van der Waals surface area contributed by atoms with Crippen LogP contribution in [-0.4, -0.2) is 82.7 Å². The van der Waals surface area contributed by atoms with E-state index in [4.69, 9.17) is 14.2 Å². The highest BCUT2D eigenvalue weighted by atomic mass is 16.5. The Morgan fingerprint density at radius 3 is 2.71 bits per heavy atom. The van der Waals surface area contributed by atoms with Crippen molar-refractivity contribution in [2.45, 2.75) is 76.2 Å². The topological polar surface area (TPSA) is 126 Å². The molecule has 3 aliphatic heterocycles. The van der Waals surface area contributed by atoms with Crippen molar-refractivity contribution in [3.63, 3.8) is 0 Å². The van der Waals surface area contributed by atoms with Crippen LogP contribution in [-0.2, 0) is 40.2 Å². The molecule has 0 unspecified atom stereocenters. The second kappa shape index (κ2) is 12.5. The summed E-state index contributed by atoms with van der Waals surface area (Å²) in [6, 6.07) is 13.0. The van der Waals surface area contributed by atoms with E-state index in [-0.39, 0.29) is 43.3 Å². The number of nitrogens with zero attached hydrogens (tertiary/aromatic N) is 3. The number of nitrogens with one attached hydrogen (secondary N) is 2. The maximum Gasteiger partial charge on any atom is 0.274 e. The van der Waals surface area contributed by atoms with Crippen LogP contribution < -0.4 is 14.8 Å². The van der Waals surface area contributed by atoms with Gasteiger partial charge in [-0.25, -0.2) is 0 Å². The number of aromatic nitrogens is 2. The molecular weight excluding hydrogens is 574 g/mol. The molecule has 8 rings (SSSR count). The molecule has 4 heterocycles. The maximum atomic E-state index is 13.7. The molecule has 4 bridgehead atoms. The summed E-state index contributed by atoms with van der Waals surface area (Å²) in [6.07, 6.45) is 5.99. The number of fused-ring (bicyclic) bond motifs is 10. The quantitative estimate of drug-likeness (QED) is 0.463. The SMILES string of the molecule is COc1cc2ccc1Oc1cccc(c1)CO[C@H]1CN(C(=O)c3n[nH]c4c3CCCC4)C[C@@H]1NC(=O)CN(C1CC1)C(=O)CC2. The van der Waals surface area contributed by atoms with Gasteiger partial charge in [0.1, 0.15) is 5.75 Å². The van der Waals surface area contributed by atoms with E-state index >= 15 is 0 Å². The fourth-order valence-corrected chi connectivity index (χ4v) is 6.64.